The van der Waals surface area contributed by atoms with Crippen molar-refractivity contribution in [3.8, 4) is 5.88 Å². The van der Waals surface area contributed by atoms with E-state index in [1.54, 1.807) is 18.2 Å². The minimum atomic E-state index is -4.01. The maximum Gasteiger partial charge on any atom is 0.264 e. The molecule has 33 heavy (non-hydrogen) atoms. The Hall–Kier alpha value is -2.36. The standard InChI is InChI=1S/C23H28ClN3O5S/c1-15(16-6-3-2-4-7-16)22(29)26-18-11-21-23(25-12-18)32-19(14-28)13-27(21)33(30,31)20-9-5-8-17(24)10-20/h5,8-12,15-16,19,28H,2-4,6-7,13-14H2,1H3,(H,26,29)/t15-,19+/m0/s1. The predicted octanol–water partition coefficient (Wildman–Crippen LogP) is 3.84. The number of sulfonamides is 1. The van der Waals surface area contributed by atoms with Crippen molar-refractivity contribution in [2.24, 2.45) is 11.8 Å². The lowest BCUT2D eigenvalue weighted by Crippen LogP contribution is -2.45. The first kappa shape index (κ1) is 23.8. The van der Waals surface area contributed by atoms with Gasteiger partial charge < -0.3 is 15.2 Å². The Labute approximate surface area is 199 Å². The molecule has 1 aliphatic heterocycles. The Bertz CT molecular complexity index is 1120. The Balaban J connectivity index is 1.63. The number of hydrogen-bond acceptors (Lipinski definition) is 6. The first-order valence-corrected chi connectivity index (χ1v) is 13.0. The fourth-order valence-corrected chi connectivity index (χ4v) is 6.23. The summed E-state index contributed by atoms with van der Waals surface area (Å²) in [6.07, 6.45) is 6.24. The third-order valence-corrected chi connectivity index (χ3v) is 8.39. The molecule has 1 aliphatic carbocycles. The van der Waals surface area contributed by atoms with Crippen LogP contribution in [0.2, 0.25) is 5.02 Å². The molecule has 4 rings (SSSR count). The number of carbonyl (C=O) groups is 1. The molecule has 8 nitrogen and oxygen atoms in total. The maximum absolute atomic E-state index is 13.4. The van der Waals surface area contributed by atoms with Crippen molar-refractivity contribution in [1.29, 1.82) is 0 Å². The Morgan fingerprint density at radius 3 is 2.76 bits per heavy atom. The summed E-state index contributed by atoms with van der Waals surface area (Å²) in [6.45, 7) is 1.46. The van der Waals surface area contributed by atoms with Gasteiger partial charge in [0.25, 0.3) is 10.0 Å². The molecule has 1 fully saturated rings. The van der Waals surface area contributed by atoms with Crippen LogP contribution in [0.3, 0.4) is 0 Å². The molecular formula is C23H28ClN3O5S. The normalized spacial score (nSPS) is 20.0. The molecule has 0 unspecified atom stereocenters. The van der Waals surface area contributed by atoms with Crippen molar-refractivity contribution in [1.82, 2.24) is 4.98 Å². The topological polar surface area (TPSA) is 109 Å². The molecule has 0 spiro atoms. The number of halogens is 1. The molecule has 2 heterocycles. The van der Waals surface area contributed by atoms with E-state index < -0.39 is 16.1 Å². The van der Waals surface area contributed by atoms with Gasteiger partial charge >= 0.3 is 0 Å². The van der Waals surface area contributed by atoms with Crippen molar-refractivity contribution in [2.45, 2.75) is 50.0 Å². The largest absolute Gasteiger partial charge is 0.468 e. The highest BCUT2D eigenvalue weighted by Gasteiger charge is 2.36. The highest BCUT2D eigenvalue weighted by molar-refractivity contribution is 7.92. The fourth-order valence-electron chi connectivity index (χ4n) is 4.44. The number of aliphatic hydroxyl groups excluding tert-OH is 1. The first-order chi connectivity index (χ1) is 15.8. The van der Waals surface area contributed by atoms with Gasteiger partial charge in [-0.3, -0.25) is 9.10 Å². The molecule has 2 atom stereocenters. The van der Waals surface area contributed by atoms with Crippen LogP contribution in [0.25, 0.3) is 0 Å². The van der Waals surface area contributed by atoms with Gasteiger partial charge in [-0.2, -0.15) is 0 Å². The summed E-state index contributed by atoms with van der Waals surface area (Å²) < 4.78 is 33.7. The van der Waals surface area contributed by atoms with Gasteiger partial charge in [0.05, 0.1) is 29.9 Å². The summed E-state index contributed by atoms with van der Waals surface area (Å²) in [6, 6.07) is 7.51. The van der Waals surface area contributed by atoms with Gasteiger partial charge in [-0.05, 0) is 43.0 Å². The minimum absolute atomic E-state index is 0.0138. The second kappa shape index (κ2) is 9.87. The number of hydrogen-bond donors (Lipinski definition) is 2. The lowest BCUT2D eigenvalue weighted by molar-refractivity contribution is -0.121. The molecule has 2 N–H and O–H groups in total. The summed E-state index contributed by atoms with van der Waals surface area (Å²) in [5, 5.41) is 12.8. The van der Waals surface area contributed by atoms with Crippen LogP contribution in [-0.2, 0) is 14.8 Å². The van der Waals surface area contributed by atoms with E-state index in [9.17, 15) is 18.3 Å². The molecule has 2 aliphatic rings. The summed E-state index contributed by atoms with van der Waals surface area (Å²) in [5.41, 5.74) is 0.585. The van der Waals surface area contributed by atoms with Crippen LogP contribution in [0, 0.1) is 11.8 Å². The van der Waals surface area contributed by atoms with E-state index in [-0.39, 0.29) is 41.4 Å². The first-order valence-electron chi connectivity index (χ1n) is 11.2. The van der Waals surface area contributed by atoms with Crippen LogP contribution in [0.4, 0.5) is 11.4 Å². The number of amides is 1. The molecule has 0 saturated heterocycles. The molecule has 10 heteroatoms. The van der Waals surface area contributed by atoms with Crippen molar-refractivity contribution in [3.05, 3.63) is 41.6 Å². The number of carbonyl (C=O) groups excluding carboxylic acids is 1. The molecule has 0 bridgehead atoms. The second-order valence-corrected chi connectivity index (χ2v) is 10.9. The van der Waals surface area contributed by atoms with E-state index in [1.807, 2.05) is 6.92 Å². The summed E-state index contributed by atoms with van der Waals surface area (Å²) in [5.74, 6) is 0.155. The van der Waals surface area contributed by atoms with Gasteiger partial charge in [-0.1, -0.05) is 43.9 Å². The zero-order valence-electron chi connectivity index (χ0n) is 18.4. The SMILES string of the molecule is C[C@H](C(=O)Nc1cnc2c(c1)N(S(=O)(=O)c1cccc(Cl)c1)C[C@H](CO)O2)C1CCCCC1. The average Bonchev–Trinajstić information content (AvgIpc) is 2.83. The lowest BCUT2D eigenvalue weighted by Gasteiger charge is -2.34. The predicted molar refractivity (Wildman–Crippen MR) is 126 cm³/mol. The Kier molecular flexibility index (Phi) is 7.11. The van der Waals surface area contributed by atoms with E-state index in [2.05, 4.69) is 10.3 Å². The van der Waals surface area contributed by atoms with Gasteiger partial charge in [-0.25, -0.2) is 13.4 Å². The Morgan fingerprint density at radius 2 is 2.06 bits per heavy atom. The van der Waals surface area contributed by atoms with E-state index >= 15 is 0 Å². The number of anilines is 2. The third kappa shape index (κ3) is 5.10. The Morgan fingerprint density at radius 1 is 1.30 bits per heavy atom. The molecule has 1 amide bonds. The monoisotopic (exact) mass is 493 g/mol. The van der Waals surface area contributed by atoms with Crippen molar-refractivity contribution < 1.29 is 23.1 Å². The molecule has 2 aromatic rings. The molecule has 1 aromatic heterocycles. The summed E-state index contributed by atoms with van der Waals surface area (Å²) in [4.78, 5) is 17.1. The van der Waals surface area contributed by atoms with Gasteiger partial charge in [0.2, 0.25) is 11.8 Å². The number of nitrogens with zero attached hydrogens (tertiary/aromatic N) is 2. The molecular weight excluding hydrogens is 466 g/mol. The zero-order chi connectivity index (χ0) is 23.6. The fraction of sp³-hybridized carbons (Fsp3) is 0.478. The minimum Gasteiger partial charge on any atom is -0.468 e. The van der Waals surface area contributed by atoms with E-state index in [0.717, 1.165) is 30.0 Å². The second-order valence-electron chi connectivity index (χ2n) is 8.64. The van der Waals surface area contributed by atoms with Crippen LogP contribution in [0.1, 0.15) is 39.0 Å². The molecule has 0 radical (unpaired) electrons. The number of rotatable bonds is 6. The van der Waals surface area contributed by atoms with Crippen molar-refractivity contribution in [2.75, 3.05) is 22.8 Å². The summed E-state index contributed by atoms with van der Waals surface area (Å²) in [7, 11) is -4.01. The van der Waals surface area contributed by atoms with Gasteiger partial charge in [-0.15, -0.1) is 0 Å². The third-order valence-electron chi connectivity index (χ3n) is 6.37. The van der Waals surface area contributed by atoms with E-state index in [4.69, 9.17) is 16.3 Å². The number of aliphatic hydroxyl groups is 1. The maximum atomic E-state index is 13.4. The smallest absolute Gasteiger partial charge is 0.264 e. The average molecular weight is 494 g/mol. The van der Waals surface area contributed by atoms with Gasteiger partial charge in [0.15, 0.2) is 0 Å². The van der Waals surface area contributed by atoms with Crippen molar-refractivity contribution in [3.63, 3.8) is 0 Å². The van der Waals surface area contributed by atoms with Crippen LogP contribution in [0.15, 0.2) is 41.4 Å². The van der Waals surface area contributed by atoms with Crippen LogP contribution in [-0.4, -0.2) is 43.7 Å². The van der Waals surface area contributed by atoms with Crippen molar-refractivity contribution >= 4 is 38.9 Å². The van der Waals surface area contributed by atoms with Crippen LogP contribution >= 0.6 is 11.6 Å². The van der Waals surface area contributed by atoms with Crippen LogP contribution in [0.5, 0.6) is 5.88 Å². The number of ether oxygens (including phenoxy) is 1. The molecule has 1 aromatic carbocycles. The van der Waals surface area contributed by atoms with E-state index in [1.165, 1.54) is 24.8 Å². The quantitative estimate of drug-likeness (QED) is 0.632. The molecule has 1 saturated carbocycles. The van der Waals surface area contributed by atoms with Crippen LogP contribution < -0.4 is 14.4 Å². The number of pyridine rings is 1. The lowest BCUT2D eigenvalue weighted by atomic mass is 9.80. The highest BCUT2D eigenvalue weighted by Crippen LogP contribution is 2.38. The van der Waals surface area contributed by atoms with E-state index in [0.29, 0.717) is 16.6 Å². The number of benzene rings is 1. The highest BCUT2D eigenvalue weighted by atomic mass is 35.5. The number of aromatic nitrogens is 1. The van der Waals surface area contributed by atoms with Gasteiger partial charge in [0.1, 0.15) is 11.8 Å². The summed E-state index contributed by atoms with van der Waals surface area (Å²) >= 11 is 6.01. The zero-order valence-corrected chi connectivity index (χ0v) is 20.0. The molecule has 178 valence electrons. The number of fused-ring (bicyclic) bond motifs is 1. The van der Waals surface area contributed by atoms with Gasteiger partial charge in [0, 0.05) is 10.9 Å². The number of nitrogens with one attached hydrogen (secondary N) is 1.